The summed E-state index contributed by atoms with van der Waals surface area (Å²) in [4.78, 5) is 11.0. The molecule has 0 radical (unpaired) electrons. The van der Waals surface area contributed by atoms with Crippen LogP contribution in [-0.2, 0) is 24.7 Å². The van der Waals surface area contributed by atoms with Gasteiger partial charge in [-0.1, -0.05) is 0 Å². The fraction of sp³-hybridized carbons (Fsp3) is 0.900. The van der Waals surface area contributed by atoms with Crippen molar-refractivity contribution in [3.63, 3.8) is 0 Å². The number of hydrogen-bond acceptors (Lipinski definition) is 6. The highest BCUT2D eigenvalue weighted by atomic mass is 32.2. The number of hydrogen-bond donors (Lipinski definition) is 2. The third kappa shape index (κ3) is 2.83. The van der Waals surface area contributed by atoms with Crippen molar-refractivity contribution in [2.24, 2.45) is 5.73 Å². The number of aliphatic carboxylic acids is 1. The molecule has 0 aromatic carbocycles. The molecular formula is C10H18N2O6S2. The Balaban J connectivity index is 2.11. The first-order valence-electron chi connectivity index (χ1n) is 6.28. The van der Waals surface area contributed by atoms with Crippen molar-refractivity contribution in [3.05, 3.63) is 0 Å². The van der Waals surface area contributed by atoms with Gasteiger partial charge in [0.15, 0.2) is 0 Å². The Morgan fingerprint density at radius 2 is 1.85 bits per heavy atom. The summed E-state index contributed by atoms with van der Waals surface area (Å²) in [5, 5.41) is 8.25. The second-order valence-corrected chi connectivity index (χ2v) is 9.96. The Hall–Kier alpha value is -0.710. The van der Waals surface area contributed by atoms with Crippen LogP contribution >= 0.6 is 0 Å². The van der Waals surface area contributed by atoms with Gasteiger partial charge in [0.25, 0.3) is 0 Å². The monoisotopic (exact) mass is 326 g/mol. The van der Waals surface area contributed by atoms with E-state index in [9.17, 15) is 21.6 Å². The molecule has 116 valence electrons. The highest BCUT2D eigenvalue weighted by molar-refractivity contribution is 7.92. The van der Waals surface area contributed by atoms with Crippen molar-refractivity contribution < 1.29 is 26.7 Å². The predicted molar refractivity (Wildman–Crippen MR) is 71.3 cm³/mol. The van der Waals surface area contributed by atoms with Gasteiger partial charge in [-0.25, -0.2) is 16.8 Å². The molecule has 0 spiro atoms. The minimum atomic E-state index is -3.69. The van der Waals surface area contributed by atoms with Crippen LogP contribution in [0, 0.1) is 0 Å². The van der Waals surface area contributed by atoms with Gasteiger partial charge in [0.1, 0.15) is 15.4 Å². The highest BCUT2D eigenvalue weighted by Gasteiger charge is 2.47. The predicted octanol–water partition coefficient (Wildman–Crippen LogP) is -1.62. The molecule has 20 heavy (non-hydrogen) atoms. The molecule has 10 heteroatoms. The Labute approximate surface area is 117 Å². The van der Waals surface area contributed by atoms with Gasteiger partial charge in [-0.15, -0.1) is 0 Å². The summed E-state index contributed by atoms with van der Waals surface area (Å²) in [7, 11) is -6.83. The summed E-state index contributed by atoms with van der Waals surface area (Å²) in [6.07, 6.45) is 0.185. The molecule has 0 aliphatic carbocycles. The maximum atomic E-state index is 12.4. The standard InChI is InChI=1S/C10H18N2O6S2/c11-10(9(13)14)3-4-12(7-10)20(17,18)8-1-5-19(15,16)6-2-8/h8H,1-7,11H2,(H,13,14). The number of carboxylic acid groups (broad SMARTS) is 1. The van der Waals surface area contributed by atoms with Crippen molar-refractivity contribution in [2.45, 2.75) is 30.1 Å². The number of sulfonamides is 1. The molecule has 0 amide bonds. The second kappa shape index (κ2) is 4.93. The van der Waals surface area contributed by atoms with Crippen molar-refractivity contribution in [1.82, 2.24) is 4.31 Å². The molecule has 2 aliphatic heterocycles. The molecule has 0 saturated carbocycles. The van der Waals surface area contributed by atoms with Crippen LogP contribution in [0.4, 0.5) is 0 Å². The number of sulfone groups is 1. The van der Waals surface area contributed by atoms with E-state index in [1.165, 1.54) is 0 Å². The third-order valence-corrected chi connectivity index (χ3v) is 8.04. The Kier molecular flexibility index (Phi) is 3.87. The van der Waals surface area contributed by atoms with E-state index >= 15 is 0 Å². The van der Waals surface area contributed by atoms with Gasteiger partial charge in [0.05, 0.1) is 16.8 Å². The molecule has 2 fully saturated rings. The summed E-state index contributed by atoms with van der Waals surface area (Å²) in [5.41, 5.74) is 4.11. The quantitative estimate of drug-likeness (QED) is 0.636. The van der Waals surface area contributed by atoms with Gasteiger partial charge < -0.3 is 10.8 Å². The number of rotatable bonds is 3. The number of carboxylic acids is 1. The van der Waals surface area contributed by atoms with Crippen molar-refractivity contribution in [3.8, 4) is 0 Å². The van der Waals surface area contributed by atoms with E-state index in [-0.39, 0.29) is 43.9 Å². The first-order chi connectivity index (χ1) is 9.07. The third-order valence-electron chi connectivity index (χ3n) is 3.97. The van der Waals surface area contributed by atoms with E-state index in [1.807, 2.05) is 0 Å². The minimum Gasteiger partial charge on any atom is -0.480 e. The normalized spacial score (nSPS) is 32.2. The van der Waals surface area contributed by atoms with Crippen LogP contribution in [-0.4, -0.2) is 67.6 Å². The Bertz CT molecular complexity index is 600. The average Bonchev–Trinajstić information content (AvgIpc) is 2.73. The maximum Gasteiger partial charge on any atom is 0.325 e. The zero-order valence-corrected chi connectivity index (χ0v) is 12.5. The van der Waals surface area contributed by atoms with Gasteiger partial charge in [0.2, 0.25) is 10.0 Å². The van der Waals surface area contributed by atoms with E-state index in [2.05, 4.69) is 0 Å². The summed E-state index contributed by atoms with van der Waals surface area (Å²) in [5.74, 6) is -1.50. The minimum absolute atomic E-state index is 0.0613. The first kappa shape index (κ1) is 15.7. The Morgan fingerprint density at radius 3 is 2.30 bits per heavy atom. The molecular weight excluding hydrogens is 308 g/mol. The molecule has 0 aromatic heterocycles. The van der Waals surface area contributed by atoms with E-state index in [0.717, 1.165) is 4.31 Å². The van der Waals surface area contributed by atoms with E-state index in [0.29, 0.717) is 0 Å². The van der Waals surface area contributed by atoms with Gasteiger partial charge in [0, 0.05) is 13.1 Å². The number of nitrogens with two attached hydrogens (primary N) is 1. The molecule has 0 bridgehead atoms. The fourth-order valence-corrected chi connectivity index (χ4v) is 6.36. The number of carbonyl (C=O) groups is 1. The molecule has 8 nitrogen and oxygen atoms in total. The maximum absolute atomic E-state index is 12.4. The number of nitrogens with zero attached hydrogens (tertiary/aromatic N) is 1. The van der Waals surface area contributed by atoms with E-state index in [4.69, 9.17) is 10.8 Å². The summed E-state index contributed by atoms with van der Waals surface area (Å²) in [6, 6.07) is 0. The largest absolute Gasteiger partial charge is 0.480 e. The van der Waals surface area contributed by atoms with Gasteiger partial charge in [-0.05, 0) is 19.3 Å². The molecule has 1 atom stereocenters. The van der Waals surface area contributed by atoms with E-state index in [1.54, 1.807) is 0 Å². The zero-order chi connectivity index (χ0) is 15.2. The van der Waals surface area contributed by atoms with Crippen molar-refractivity contribution in [2.75, 3.05) is 24.6 Å². The lowest BCUT2D eigenvalue weighted by Gasteiger charge is -2.27. The topological polar surface area (TPSA) is 135 Å². The van der Waals surface area contributed by atoms with Crippen LogP contribution in [0.2, 0.25) is 0 Å². The second-order valence-electron chi connectivity index (χ2n) is 5.44. The van der Waals surface area contributed by atoms with Crippen LogP contribution in [0.5, 0.6) is 0 Å². The first-order valence-corrected chi connectivity index (χ1v) is 9.61. The lowest BCUT2D eigenvalue weighted by Crippen LogP contribution is -2.51. The van der Waals surface area contributed by atoms with Crippen molar-refractivity contribution >= 4 is 25.8 Å². The SMILES string of the molecule is NC1(C(=O)O)CCN(S(=O)(=O)C2CCS(=O)(=O)CC2)C1. The zero-order valence-electron chi connectivity index (χ0n) is 10.9. The summed E-state index contributed by atoms with van der Waals surface area (Å²) >= 11 is 0. The van der Waals surface area contributed by atoms with Crippen LogP contribution < -0.4 is 5.73 Å². The Morgan fingerprint density at radius 1 is 1.30 bits per heavy atom. The van der Waals surface area contributed by atoms with Crippen LogP contribution in [0.25, 0.3) is 0 Å². The lowest BCUT2D eigenvalue weighted by molar-refractivity contribution is -0.142. The lowest BCUT2D eigenvalue weighted by atomic mass is 10.0. The van der Waals surface area contributed by atoms with Gasteiger partial charge in [-0.2, -0.15) is 4.31 Å². The molecule has 2 aliphatic rings. The average molecular weight is 326 g/mol. The molecule has 2 saturated heterocycles. The summed E-state index contributed by atoms with van der Waals surface area (Å²) < 4.78 is 48.5. The molecule has 2 rings (SSSR count). The molecule has 2 heterocycles. The highest BCUT2D eigenvalue weighted by Crippen LogP contribution is 2.28. The van der Waals surface area contributed by atoms with E-state index < -0.39 is 36.6 Å². The van der Waals surface area contributed by atoms with Crippen molar-refractivity contribution in [1.29, 1.82) is 0 Å². The van der Waals surface area contributed by atoms with Gasteiger partial charge in [-0.3, -0.25) is 4.79 Å². The van der Waals surface area contributed by atoms with Crippen LogP contribution in [0.15, 0.2) is 0 Å². The summed E-state index contributed by atoms with van der Waals surface area (Å²) in [6.45, 7) is -0.192. The molecule has 0 aromatic rings. The van der Waals surface area contributed by atoms with Crippen LogP contribution in [0.1, 0.15) is 19.3 Å². The smallest absolute Gasteiger partial charge is 0.325 e. The molecule has 3 N–H and O–H groups in total. The van der Waals surface area contributed by atoms with Crippen LogP contribution in [0.3, 0.4) is 0 Å². The fourth-order valence-electron chi connectivity index (χ4n) is 2.57. The molecule has 1 unspecified atom stereocenters. The van der Waals surface area contributed by atoms with Gasteiger partial charge >= 0.3 is 5.97 Å².